The van der Waals surface area contributed by atoms with Gasteiger partial charge in [0, 0.05) is 83.5 Å². The summed E-state index contributed by atoms with van der Waals surface area (Å²) in [6.45, 7) is 15.6. The number of imidazole rings is 1. The molecule has 3 saturated heterocycles. The van der Waals surface area contributed by atoms with Crippen LogP contribution in [0.3, 0.4) is 0 Å². The topological polar surface area (TPSA) is 236 Å². The summed E-state index contributed by atoms with van der Waals surface area (Å²) in [6, 6.07) is 20.2. The van der Waals surface area contributed by atoms with Crippen LogP contribution >= 0.6 is 0 Å². The Kier molecular flexibility index (Phi) is 29.0. The number of aliphatic hydroxyl groups is 3. The largest absolute Gasteiger partial charge is 0.460 e. The number of carbonyl (C=O) groups is 5. The number of amides is 1. The average Bonchev–Trinajstić information content (AvgIpc) is 1.56. The zero-order chi connectivity index (χ0) is 71.7. The first-order valence-corrected chi connectivity index (χ1v) is 35.9. The van der Waals surface area contributed by atoms with Gasteiger partial charge < -0.3 is 53.8 Å². The van der Waals surface area contributed by atoms with Gasteiger partial charge in [-0.15, -0.1) is 0 Å². The summed E-state index contributed by atoms with van der Waals surface area (Å²) in [5.41, 5.74) is 5.20. The lowest BCUT2D eigenvalue weighted by Gasteiger charge is -2.42. The van der Waals surface area contributed by atoms with Crippen molar-refractivity contribution in [1.82, 2.24) is 19.4 Å². The van der Waals surface area contributed by atoms with Crippen molar-refractivity contribution in [2.75, 3.05) is 47.5 Å². The zero-order valence-corrected chi connectivity index (χ0v) is 59.7. The van der Waals surface area contributed by atoms with Crippen LogP contribution < -0.4 is 5.69 Å². The van der Waals surface area contributed by atoms with E-state index in [1.54, 1.807) is 41.1 Å². The number of likely N-dealkylation sites (tertiary alicyclic amines) is 1. The number of hydrogen-bond donors (Lipinski definition) is 4. The summed E-state index contributed by atoms with van der Waals surface area (Å²) in [4.78, 5) is 89.7. The Morgan fingerprint density at radius 2 is 1.41 bits per heavy atom. The van der Waals surface area contributed by atoms with Crippen LogP contribution in [-0.2, 0) is 47.7 Å². The van der Waals surface area contributed by atoms with E-state index in [4.69, 9.17) is 23.7 Å². The number of Topliss-reactive ketones (excluding diaryl/α,β-unsaturated/α-hetero) is 3. The molecule has 4 fully saturated rings. The zero-order valence-electron chi connectivity index (χ0n) is 59.7. The van der Waals surface area contributed by atoms with Crippen molar-refractivity contribution in [3.05, 3.63) is 154 Å². The number of halogens is 2. The molecule has 4 aromatic rings. The fraction of sp³-hybridized carbons (Fsp3) is 0.595. The van der Waals surface area contributed by atoms with Gasteiger partial charge in [-0.25, -0.2) is 18.4 Å². The number of esters is 1. The molecule has 1 aliphatic carbocycles. The Bertz CT molecular complexity index is 3460. The molecule has 5 aliphatic rings. The molecule has 2 bridgehead atoms. The number of carbonyl (C=O) groups excluding carboxylic acids is 5. The van der Waals surface area contributed by atoms with Gasteiger partial charge in [0.25, 0.3) is 11.7 Å². The summed E-state index contributed by atoms with van der Waals surface area (Å²) in [5, 5.41) is 33.8. The minimum Gasteiger partial charge on any atom is -0.460 e. The van der Waals surface area contributed by atoms with Crippen LogP contribution in [0.15, 0.2) is 125 Å². The van der Waals surface area contributed by atoms with Crippen molar-refractivity contribution in [2.24, 2.45) is 35.5 Å². The molecule has 18 nitrogen and oxygen atoms in total. The number of methoxy groups -OCH3 is 3. The highest BCUT2D eigenvalue weighted by Crippen LogP contribution is 2.39. The van der Waals surface area contributed by atoms with Gasteiger partial charge in [-0.1, -0.05) is 107 Å². The first-order chi connectivity index (χ1) is 47.3. The number of aromatic amines is 1. The third-order valence-corrected chi connectivity index (χ3v) is 21.5. The first kappa shape index (κ1) is 78.1. The third-order valence-electron chi connectivity index (χ3n) is 21.5. The molecule has 15 atom stereocenters. The molecule has 20 heteroatoms. The van der Waals surface area contributed by atoms with Crippen LogP contribution in [0.4, 0.5) is 8.78 Å². The molecule has 4 aliphatic heterocycles. The highest BCUT2D eigenvalue weighted by molar-refractivity contribution is 6.39. The number of aliphatic hydroxyl groups excluding tert-OH is 2. The van der Waals surface area contributed by atoms with E-state index in [2.05, 4.69) is 9.88 Å². The van der Waals surface area contributed by atoms with Gasteiger partial charge in [-0.3, -0.25) is 23.7 Å². The van der Waals surface area contributed by atoms with E-state index in [9.17, 15) is 52.9 Å². The molecule has 0 radical (unpaired) electrons. The maximum Gasteiger partial charge on any atom is 0.329 e. The number of benzene rings is 3. The number of para-hydroxylation sites is 2. The summed E-state index contributed by atoms with van der Waals surface area (Å²) < 4.78 is 58.2. The molecule has 0 spiro atoms. The fourth-order valence-electron chi connectivity index (χ4n) is 15.4. The number of aromatic nitrogens is 2. The predicted molar refractivity (Wildman–Crippen MR) is 376 cm³/mol. The standard InChI is InChI=1S/C51H79NO13.C28H29F2N3O/c1-30-16-12-11-13-17-31(2)42(61-8)28-38-21-19-36(7)51(60,65-38)48(57)49(58)52-23-15-14-18-39(52)50(59)64-43(33(4)26-37-20-22-40(53)44(27-37)62-9)29-41(54)32(3)25-35(6)46(56)47(63-10)45(55)34(5)24-30;29-22-11-7-20(8-12-22)25(21-9-13-23(30)14-10-21)4-3-17-32-18-15-24(16-19-32)33-27-6-2-1-5-26(27)31-28(33)34/h11-13,16-17,25,30,32-34,36-40,42-44,46-47,53,56,60H,14-15,18-24,26-29H2,1-10H3;1-2,5-14,24-25H,3-4,15-19H2,(H,31,34)/b13-11?,16-12+,31-17?,35-25+;/t30-,32-,33-,34-,36-,37+,38+,39+,40-,42+,43+,44-,46-,47+,51-;/m1./s1. The lowest BCUT2D eigenvalue weighted by Crippen LogP contribution is -2.61. The van der Waals surface area contributed by atoms with Gasteiger partial charge in [0.15, 0.2) is 5.78 Å². The average molecular weight is 1380 g/mol. The molecule has 0 unspecified atom stereocenters. The molecule has 99 heavy (non-hydrogen) atoms. The smallest absolute Gasteiger partial charge is 0.329 e. The van der Waals surface area contributed by atoms with Crippen molar-refractivity contribution in [2.45, 2.75) is 218 Å². The number of ether oxygens (including phenoxy) is 5. The van der Waals surface area contributed by atoms with E-state index in [0.29, 0.717) is 63.4 Å². The fourth-order valence-corrected chi connectivity index (χ4v) is 15.4. The van der Waals surface area contributed by atoms with Crippen LogP contribution in [0.5, 0.6) is 0 Å². The van der Waals surface area contributed by atoms with Crippen molar-refractivity contribution in [3.8, 4) is 0 Å². The van der Waals surface area contributed by atoms with Crippen molar-refractivity contribution in [1.29, 1.82) is 0 Å². The Balaban J connectivity index is 0.000000304. The van der Waals surface area contributed by atoms with Gasteiger partial charge in [0.05, 0.1) is 35.4 Å². The Morgan fingerprint density at radius 1 is 0.737 bits per heavy atom. The quantitative estimate of drug-likeness (QED) is 0.0553. The van der Waals surface area contributed by atoms with Crippen LogP contribution in [0, 0.1) is 47.1 Å². The van der Waals surface area contributed by atoms with E-state index in [1.165, 1.54) is 36.3 Å². The normalized spacial score (nSPS) is 31.0. The summed E-state index contributed by atoms with van der Waals surface area (Å²) in [5.74, 6) is -8.36. The number of hydrogen-bond acceptors (Lipinski definition) is 15. The molecule has 3 aromatic carbocycles. The molecule has 4 N–H and O–H groups in total. The first-order valence-electron chi connectivity index (χ1n) is 35.9. The number of H-pyrrole nitrogens is 1. The highest BCUT2D eigenvalue weighted by Gasteiger charge is 2.53. The SMILES string of the molecule is CO[C@H]1C[C@@H]2CC[C@@H](C)[C@@](O)(O2)C(=O)C(=O)N2CCCC[C@H]2C(=O)O[C@H]([C@H](C)C[C@@H]2CC[C@@H](O)[C@H](OC)C2)CC(=O)[C@H](C)/C=C(\C)[C@@H](O)[C@@H](OC)C(=O)[C@H](C)C[C@H](C)/C=C/C=CC=C1C.O=c1[nH]c2ccccc2n1C1CCN(CCCC(c2ccc(F)cc2)c2ccc(F)cc2)CC1. The van der Waals surface area contributed by atoms with Crippen molar-refractivity contribution >= 4 is 40.3 Å². The summed E-state index contributed by atoms with van der Waals surface area (Å²) in [6.07, 6.45) is 15.0. The molecule has 5 heterocycles. The Hall–Kier alpha value is -6.62. The van der Waals surface area contributed by atoms with Crippen molar-refractivity contribution in [3.63, 3.8) is 0 Å². The van der Waals surface area contributed by atoms with Gasteiger partial charge in [0.2, 0.25) is 5.79 Å². The number of cyclic esters (lactones) is 1. The van der Waals surface area contributed by atoms with E-state index in [0.717, 1.165) is 79.5 Å². The summed E-state index contributed by atoms with van der Waals surface area (Å²) >= 11 is 0. The summed E-state index contributed by atoms with van der Waals surface area (Å²) in [7, 11) is 4.52. The third kappa shape index (κ3) is 20.6. The lowest BCUT2D eigenvalue weighted by atomic mass is 9.78. The van der Waals surface area contributed by atoms with Crippen LogP contribution in [0.2, 0.25) is 0 Å². The second-order valence-corrected chi connectivity index (χ2v) is 28.8. The lowest BCUT2D eigenvalue weighted by molar-refractivity contribution is -0.265. The second-order valence-electron chi connectivity index (χ2n) is 28.8. The van der Waals surface area contributed by atoms with Crippen LogP contribution in [0.1, 0.15) is 174 Å². The maximum atomic E-state index is 14.4. The van der Waals surface area contributed by atoms with E-state index in [1.807, 2.05) is 111 Å². The molecule has 1 saturated carbocycles. The Labute approximate surface area is 583 Å². The van der Waals surface area contributed by atoms with Gasteiger partial charge >= 0.3 is 11.7 Å². The van der Waals surface area contributed by atoms with Crippen LogP contribution in [-0.4, -0.2) is 166 Å². The predicted octanol–water partition coefficient (Wildman–Crippen LogP) is 12.0. The number of allylic oxidation sites excluding steroid dienone is 6. The number of rotatable bonds is 13. The van der Waals surface area contributed by atoms with Crippen LogP contribution in [0.25, 0.3) is 11.0 Å². The minimum absolute atomic E-state index is 0.0193. The van der Waals surface area contributed by atoms with E-state index >= 15 is 0 Å². The minimum atomic E-state index is -2.43. The second kappa shape index (κ2) is 36.8. The number of fused-ring (bicyclic) bond motifs is 4. The molecule has 9 rings (SSSR count). The maximum absolute atomic E-state index is 14.4. The number of ketones is 3. The number of nitrogens with zero attached hydrogens (tertiary/aromatic N) is 3. The molecule has 542 valence electrons. The molecule has 1 aromatic heterocycles. The molecular weight excluding hydrogens is 1270 g/mol. The monoisotopic (exact) mass is 1370 g/mol. The highest BCUT2D eigenvalue weighted by atomic mass is 19.1. The van der Waals surface area contributed by atoms with Gasteiger partial charge in [0.1, 0.15) is 41.8 Å². The van der Waals surface area contributed by atoms with E-state index in [-0.39, 0.29) is 84.1 Å². The molecule has 1 amide bonds. The molecular formula is C79H108F2N4O14. The van der Waals surface area contributed by atoms with Gasteiger partial charge in [-0.2, -0.15) is 0 Å². The van der Waals surface area contributed by atoms with Crippen molar-refractivity contribution < 1.29 is 71.8 Å². The number of nitrogens with one attached hydrogen (secondary N) is 1. The number of piperidine rings is 2. The Morgan fingerprint density at radius 3 is 2.07 bits per heavy atom. The van der Waals surface area contributed by atoms with E-state index < -0.39 is 83.9 Å². The van der Waals surface area contributed by atoms with Gasteiger partial charge in [-0.05, 0) is 187 Å².